The highest BCUT2D eigenvalue weighted by Gasteiger charge is 2.65. The number of halogens is 3. The number of hydrogen-bond acceptors (Lipinski definition) is 4. The number of alkyl halides is 3. The predicted molar refractivity (Wildman–Crippen MR) is 96.1 cm³/mol. The molecular formula is C20H10F3N3OS. The third-order valence-corrected chi connectivity index (χ3v) is 5.58. The summed E-state index contributed by atoms with van der Waals surface area (Å²) in [6.45, 7) is 8.15. The average molecular weight is 397 g/mol. The van der Waals surface area contributed by atoms with E-state index in [4.69, 9.17) is 16.6 Å². The summed E-state index contributed by atoms with van der Waals surface area (Å²) in [4.78, 5) is 3.32. The first-order valence-electron chi connectivity index (χ1n) is 7.85. The fraction of sp³-hybridized carbons (Fsp3) is 0.150. The molecule has 8 heteroatoms. The van der Waals surface area contributed by atoms with Crippen molar-refractivity contribution >= 4 is 11.3 Å². The summed E-state index contributed by atoms with van der Waals surface area (Å²) in [6, 6.07) is 14.9. The van der Waals surface area contributed by atoms with Crippen molar-refractivity contribution in [1.29, 1.82) is 10.5 Å². The van der Waals surface area contributed by atoms with Crippen LogP contribution in [0, 0.1) is 29.2 Å². The second-order valence-corrected chi connectivity index (χ2v) is 6.91. The summed E-state index contributed by atoms with van der Waals surface area (Å²) >= 11 is 0.883. The number of benzene rings is 1. The number of hydrogen-bond donors (Lipinski definition) is 0. The molecule has 0 bridgehead atoms. The zero-order chi connectivity index (χ0) is 20.5. The highest BCUT2D eigenvalue weighted by atomic mass is 32.1. The fourth-order valence-electron chi connectivity index (χ4n) is 2.98. The molecule has 2 aromatic rings. The van der Waals surface area contributed by atoms with Gasteiger partial charge in [0, 0.05) is 10.5 Å². The van der Waals surface area contributed by atoms with E-state index in [0.29, 0.717) is 4.88 Å². The van der Waals surface area contributed by atoms with Crippen molar-refractivity contribution < 1.29 is 17.9 Å². The Balaban J connectivity index is 2.26. The quantitative estimate of drug-likeness (QED) is 0.483. The molecule has 0 fully saturated rings. The van der Waals surface area contributed by atoms with E-state index in [1.54, 1.807) is 42.5 Å². The van der Waals surface area contributed by atoms with Crippen LogP contribution >= 0.6 is 11.3 Å². The van der Waals surface area contributed by atoms with E-state index in [2.05, 4.69) is 4.85 Å². The molecule has 3 rings (SSSR count). The van der Waals surface area contributed by atoms with Gasteiger partial charge in [0.15, 0.2) is 5.76 Å². The van der Waals surface area contributed by atoms with Gasteiger partial charge in [-0.2, -0.15) is 18.4 Å². The topological polar surface area (TPSA) is 61.2 Å². The van der Waals surface area contributed by atoms with Gasteiger partial charge in [-0.05, 0) is 24.6 Å². The lowest BCUT2D eigenvalue weighted by molar-refractivity contribution is -0.248. The van der Waals surface area contributed by atoms with Crippen LogP contribution in [-0.4, -0.2) is 6.18 Å². The van der Waals surface area contributed by atoms with Gasteiger partial charge < -0.3 is 4.74 Å². The number of ether oxygens (including phenoxy) is 1. The largest absolute Gasteiger partial charge is 0.476 e. The first-order chi connectivity index (χ1) is 13.3. The van der Waals surface area contributed by atoms with E-state index in [1.807, 2.05) is 0 Å². The second kappa shape index (κ2) is 6.88. The second-order valence-electron chi connectivity index (χ2n) is 5.82. The van der Waals surface area contributed by atoms with E-state index in [9.17, 15) is 18.4 Å². The van der Waals surface area contributed by atoms with Crippen LogP contribution in [0.4, 0.5) is 13.2 Å². The molecule has 0 saturated carbocycles. The van der Waals surface area contributed by atoms with Gasteiger partial charge in [-0.3, -0.25) is 0 Å². The zero-order valence-electron chi connectivity index (χ0n) is 14.3. The lowest BCUT2D eigenvalue weighted by Crippen LogP contribution is -2.42. The minimum Gasteiger partial charge on any atom is -0.476 e. The lowest BCUT2D eigenvalue weighted by Gasteiger charge is -2.32. The average Bonchev–Trinajstić information content (AvgIpc) is 3.27. The summed E-state index contributed by atoms with van der Waals surface area (Å²) in [5, 5.41) is 18.4. The molecule has 1 aliphatic rings. The van der Waals surface area contributed by atoms with Crippen LogP contribution in [0.25, 0.3) is 15.3 Å². The first kappa shape index (κ1) is 19.2. The predicted octanol–water partition coefficient (Wildman–Crippen LogP) is 5.70. The van der Waals surface area contributed by atoms with Crippen molar-refractivity contribution in [2.24, 2.45) is 0 Å². The molecule has 1 aromatic carbocycles. The summed E-state index contributed by atoms with van der Waals surface area (Å²) in [6.07, 6.45) is -4.91. The first-order valence-corrected chi connectivity index (χ1v) is 8.67. The van der Waals surface area contributed by atoms with E-state index in [-0.39, 0.29) is 4.88 Å². The Bertz CT molecular complexity index is 1110. The minimum atomic E-state index is -4.91. The molecular weight excluding hydrogens is 387 g/mol. The van der Waals surface area contributed by atoms with Crippen LogP contribution in [0.3, 0.4) is 0 Å². The Morgan fingerprint density at radius 3 is 2.39 bits per heavy atom. The van der Waals surface area contributed by atoms with Gasteiger partial charge in [0.1, 0.15) is 6.07 Å². The van der Waals surface area contributed by atoms with Crippen LogP contribution in [-0.2, 0) is 10.3 Å². The molecule has 0 saturated heterocycles. The molecule has 1 atom stereocenters. The van der Waals surface area contributed by atoms with Crippen LogP contribution in [0.5, 0.6) is 0 Å². The van der Waals surface area contributed by atoms with Crippen molar-refractivity contribution in [2.75, 3.05) is 0 Å². The highest BCUT2D eigenvalue weighted by Crippen LogP contribution is 2.57. The Labute approximate surface area is 162 Å². The van der Waals surface area contributed by atoms with Gasteiger partial charge in [-0.25, -0.2) is 10.1 Å². The van der Waals surface area contributed by atoms with E-state index >= 15 is 0 Å². The maximum atomic E-state index is 14.3. The molecule has 4 nitrogen and oxygen atoms in total. The van der Waals surface area contributed by atoms with Gasteiger partial charge in [0.25, 0.3) is 5.60 Å². The van der Waals surface area contributed by atoms with Crippen molar-refractivity contribution in [3.63, 3.8) is 0 Å². The maximum Gasteiger partial charge on any atom is 0.437 e. The Morgan fingerprint density at radius 2 is 1.86 bits per heavy atom. The molecule has 0 spiro atoms. The van der Waals surface area contributed by atoms with Gasteiger partial charge >= 0.3 is 11.9 Å². The smallest absolute Gasteiger partial charge is 0.437 e. The summed E-state index contributed by atoms with van der Waals surface area (Å²) < 4.78 is 48.1. The Hall–Kier alpha value is -3.54. The Morgan fingerprint density at radius 1 is 1.18 bits per heavy atom. The number of nitriles is 2. The van der Waals surface area contributed by atoms with Crippen molar-refractivity contribution in [1.82, 2.24) is 0 Å². The summed E-state index contributed by atoms with van der Waals surface area (Å²) in [7, 11) is 0. The Kier molecular flexibility index (Phi) is 4.73. The van der Waals surface area contributed by atoms with Crippen LogP contribution in [0.1, 0.15) is 11.8 Å². The van der Waals surface area contributed by atoms with Gasteiger partial charge in [0.2, 0.25) is 0 Å². The molecule has 1 unspecified atom stereocenters. The molecule has 0 N–H and O–H groups in total. The minimum absolute atomic E-state index is 0.179. The molecule has 1 aromatic heterocycles. The van der Waals surface area contributed by atoms with E-state index in [1.165, 1.54) is 12.1 Å². The number of rotatable bonds is 2. The van der Waals surface area contributed by atoms with E-state index < -0.39 is 34.4 Å². The summed E-state index contributed by atoms with van der Waals surface area (Å²) in [5.41, 5.74) is -3.71. The molecule has 28 heavy (non-hydrogen) atoms. The number of allylic oxidation sites excluding steroid dienone is 2. The van der Waals surface area contributed by atoms with Gasteiger partial charge in [-0.1, -0.05) is 30.3 Å². The normalized spacial score (nSPS) is 20.8. The van der Waals surface area contributed by atoms with Gasteiger partial charge in [0.05, 0.1) is 23.1 Å². The van der Waals surface area contributed by atoms with Crippen LogP contribution < -0.4 is 0 Å². The van der Waals surface area contributed by atoms with E-state index in [0.717, 1.165) is 23.8 Å². The monoisotopic (exact) mass is 397 g/mol. The molecule has 2 heterocycles. The van der Waals surface area contributed by atoms with Crippen LogP contribution in [0.15, 0.2) is 65.1 Å². The molecule has 138 valence electrons. The SMILES string of the molecule is [C-]#[N+]C(C#N)=C1OC(c2ccc(-c3ccccc3)s2)(C(F)(F)F)C(C)=C1C#N. The standard InChI is InChI=1S/C20H10F3N3OS/c1-12-14(10-24)18(15(11-25)26-2)27-19(12,20(21,22)23)17-9-8-16(28-17)13-6-4-3-5-7-13/h3-9H,1H3. The van der Waals surface area contributed by atoms with Crippen molar-refractivity contribution in [2.45, 2.75) is 18.7 Å². The number of thiophene rings is 1. The zero-order valence-corrected chi connectivity index (χ0v) is 15.1. The van der Waals surface area contributed by atoms with Crippen molar-refractivity contribution in [3.8, 4) is 22.6 Å². The lowest BCUT2D eigenvalue weighted by atomic mass is 9.90. The fourth-order valence-corrected chi connectivity index (χ4v) is 4.20. The molecule has 1 aliphatic heterocycles. The third-order valence-electron chi connectivity index (χ3n) is 4.34. The third kappa shape index (κ3) is 2.74. The molecule has 0 aliphatic carbocycles. The molecule has 0 amide bonds. The maximum absolute atomic E-state index is 14.3. The highest BCUT2D eigenvalue weighted by molar-refractivity contribution is 7.15. The van der Waals surface area contributed by atoms with Crippen LogP contribution in [0.2, 0.25) is 0 Å². The summed E-state index contributed by atoms with van der Waals surface area (Å²) in [5.74, 6) is -0.635. The number of nitrogens with zero attached hydrogens (tertiary/aromatic N) is 3. The molecule has 0 radical (unpaired) electrons. The van der Waals surface area contributed by atoms with Crippen molar-refractivity contribution in [3.05, 3.63) is 81.4 Å². The van der Waals surface area contributed by atoms with Gasteiger partial charge in [-0.15, -0.1) is 11.3 Å².